The summed E-state index contributed by atoms with van der Waals surface area (Å²) in [5.74, 6) is -0.447. The summed E-state index contributed by atoms with van der Waals surface area (Å²) in [6, 6.07) is 7.86. The summed E-state index contributed by atoms with van der Waals surface area (Å²) in [4.78, 5) is 18.1. The predicted octanol–water partition coefficient (Wildman–Crippen LogP) is 2.82. The van der Waals surface area contributed by atoms with Crippen molar-refractivity contribution in [3.8, 4) is 11.1 Å². The Morgan fingerprint density at radius 2 is 1.86 bits per heavy atom. The van der Waals surface area contributed by atoms with E-state index in [-0.39, 0.29) is 19.2 Å². The van der Waals surface area contributed by atoms with Crippen molar-refractivity contribution in [3.63, 3.8) is 0 Å². The molecule has 1 aromatic heterocycles. The molecule has 2 aromatic rings. The van der Waals surface area contributed by atoms with Gasteiger partial charge in [-0.15, -0.1) is 0 Å². The summed E-state index contributed by atoms with van der Waals surface area (Å²) in [7, 11) is 3.89. The van der Waals surface area contributed by atoms with Gasteiger partial charge in [0.25, 0.3) is 5.91 Å². The van der Waals surface area contributed by atoms with Crippen molar-refractivity contribution < 1.29 is 9.18 Å². The Morgan fingerprint density at radius 1 is 1.18 bits per heavy atom. The molecule has 1 amide bonds. The molecular weight excluding hydrogens is 281 g/mol. The van der Waals surface area contributed by atoms with Crippen LogP contribution in [0, 0.1) is 5.82 Å². The first-order valence-electron chi connectivity index (χ1n) is 6.70. The largest absolute Gasteiger partial charge is 0.351 e. The molecule has 0 spiro atoms. The zero-order valence-electron chi connectivity index (χ0n) is 12.1. The summed E-state index contributed by atoms with van der Waals surface area (Å²) in [6.45, 7) is 1.35. The van der Waals surface area contributed by atoms with Crippen molar-refractivity contribution >= 4 is 5.91 Å². The number of pyridine rings is 1. The highest BCUT2D eigenvalue weighted by Gasteiger charge is 2.07. The van der Waals surface area contributed by atoms with E-state index in [2.05, 4.69) is 10.3 Å². The molecular formula is C17H22FN3O. The maximum Gasteiger partial charge on any atom is 0.252 e. The minimum absolute atomic E-state index is 0. The molecule has 5 heteroatoms. The molecule has 0 radical (unpaired) electrons. The van der Waals surface area contributed by atoms with Gasteiger partial charge in [-0.25, -0.2) is 4.39 Å². The van der Waals surface area contributed by atoms with Gasteiger partial charge in [0.2, 0.25) is 0 Å². The molecule has 0 atom stereocenters. The highest BCUT2D eigenvalue weighted by Crippen LogP contribution is 2.19. The number of nitrogens with one attached hydrogen (secondary N) is 1. The smallest absolute Gasteiger partial charge is 0.252 e. The Labute approximate surface area is 131 Å². The molecule has 0 saturated heterocycles. The average molecular weight is 303 g/mol. The van der Waals surface area contributed by atoms with Gasteiger partial charge in [-0.1, -0.05) is 19.6 Å². The van der Waals surface area contributed by atoms with E-state index in [9.17, 15) is 9.18 Å². The fourth-order valence-corrected chi connectivity index (χ4v) is 1.86. The topological polar surface area (TPSA) is 45.2 Å². The van der Waals surface area contributed by atoms with Gasteiger partial charge in [0, 0.05) is 31.0 Å². The standard InChI is InChI=1S/C16H18FN3O.CH4/c1-20(2)8-7-19-16(21)14-9-13(10-18-11-14)12-3-5-15(17)6-4-12;/h3-6,9-11H,7-8H2,1-2H3,(H,19,21);1H4. The average Bonchev–Trinajstić information content (AvgIpc) is 2.47. The lowest BCUT2D eigenvalue weighted by atomic mass is 10.1. The van der Waals surface area contributed by atoms with Crippen LogP contribution in [0.3, 0.4) is 0 Å². The number of hydrogen-bond donors (Lipinski definition) is 1. The van der Waals surface area contributed by atoms with Crippen LogP contribution in [0.2, 0.25) is 0 Å². The Hall–Kier alpha value is -2.27. The van der Waals surface area contributed by atoms with Gasteiger partial charge in [-0.3, -0.25) is 9.78 Å². The minimum Gasteiger partial charge on any atom is -0.351 e. The lowest BCUT2D eigenvalue weighted by molar-refractivity contribution is 0.0950. The van der Waals surface area contributed by atoms with E-state index in [4.69, 9.17) is 0 Å². The maximum absolute atomic E-state index is 12.9. The van der Waals surface area contributed by atoms with E-state index < -0.39 is 0 Å². The van der Waals surface area contributed by atoms with Crippen molar-refractivity contribution in [2.45, 2.75) is 7.43 Å². The minimum atomic E-state index is -0.288. The summed E-state index contributed by atoms with van der Waals surface area (Å²) >= 11 is 0. The number of aromatic nitrogens is 1. The van der Waals surface area contributed by atoms with Gasteiger partial charge in [0.15, 0.2) is 0 Å². The van der Waals surface area contributed by atoms with Crippen LogP contribution >= 0.6 is 0 Å². The first kappa shape index (κ1) is 17.8. The monoisotopic (exact) mass is 303 g/mol. The second-order valence-corrected chi connectivity index (χ2v) is 5.03. The normalized spacial score (nSPS) is 10.2. The number of likely N-dealkylation sites (N-methyl/N-ethyl adjacent to an activating group) is 1. The van der Waals surface area contributed by atoms with Gasteiger partial charge in [-0.05, 0) is 37.9 Å². The number of carbonyl (C=O) groups excluding carboxylic acids is 1. The highest BCUT2D eigenvalue weighted by atomic mass is 19.1. The van der Waals surface area contributed by atoms with Crippen LogP contribution in [-0.2, 0) is 0 Å². The zero-order valence-corrected chi connectivity index (χ0v) is 12.1. The number of carbonyl (C=O) groups is 1. The van der Waals surface area contributed by atoms with Crippen molar-refractivity contribution in [2.75, 3.05) is 27.2 Å². The second kappa shape index (κ2) is 8.24. The van der Waals surface area contributed by atoms with Gasteiger partial charge in [0.1, 0.15) is 5.82 Å². The zero-order chi connectivity index (χ0) is 15.2. The van der Waals surface area contributed by atoms with Gasteiger partial charge < -0.3 is 10.2 Å². The predicted molar refractivity (Wildman–Crippen MR) is 87.2 cm³/mol. The van der Waals surface area contributed by atoms with E-state index in [0.717, 1.165) is 17.7 Å². The van der Waals surface area contributed by atoms with Crippen molar-refractivity contribution in [3.05, 3.63) is 54.1 Å². The molecule has 1 N–H and O–H groups in total. The third kappa shape index (κ3) is 4.93. The molecule has 0 saturated carbocycles. The Balaban J connectivity index is 0.00000242. The van der Waals surface area contributed by atoms with E-state index in [0.29, 0.717) is 12.1 Å². The first-order chi connectivity index (χ1) is 10.1. The molecule has 0 aliphatic heterocycles. The number of rotatable bonds is 5. The summed E-state index contributed by atoms with van der Waals surface area (Å²) < 4.78 is 12.9. The van der Waals surface area contributed by atoms with E-state index >= 15 is 0 Å². The molecule has 0 unspecified atom stereocenters. The van der Waals surface area contributed by atoms with Crippen molar-refractivity contribution in [1.82, 2.24) is 15.2 Å². The highest BCUT2D eigenvalue weighted by molar-refractivity contribution is 5.95. The molecule has 22 heavy (non-hydrogen) atoms. The van der Waals surface area contributed by atoms with E-state index in [1.807, 2.05) is 19.0 Å². The first-order valence-corrected chi connectivity index (χ1v) is 6.70. The van der Waals surface area contributed by atoms with Crippen LogP contribution in [-0.4, -0.2) is 43.0 Å². The van der Waals surface area contributed by atoms with Gasteiger partial charge >= 0.3 is 0 Å². The maximum atomic E-state index is 12.9. The van der Waals surface area contributed by atoms with Crippen molar-refractivity contribution in [2.24, 2.45) is 0 Å². The molecule has 1 heterocycles. The molecule has 0 aliphatic rings. The Bertz CT molecular complexity index is 612. The molecule has 0 aliphatic carbocycles. The van der Waals surface area contributed by atoms with Crippen molar-refractivity contribution in [1.29, 1.82) is 0 Å². The number of halogens is 1. The molecule has 4 nitrogen and oxygen atoms in total. The van der Waals surface area contributed by atoms with Crippen LogP contribution in [0.15, 0.2) is 42.7 Å². The Kier molecular flexibility index (Phi) is 6.66. The quantitative estimate of drug-likeness (QED) is 0.924. The molecule has 0 fully saturated rings. The summed E-state index contributed by atoms with van der Waals surface area (Å²) in [6.07, 6.45) is 3.18. The van der Waals surface area contributed by atoms with Gasteiger partial charge in [-0.2, -0.15) is 0 Å². The van der Waals surface area contributed by atoms with E-state index in [1.165, 1.54) is 18.3 Å². The van der Waals surface area contributed by atoms with Crippen LogP contribution in [0.4, 0.5) is 4.39 Å². The fraction of sp³-hybridized carbons (Fsp3) is 0.294. The molecule has 2 rings (SSSR count). The van der Waals surface area contributed by atoms with Crippen LogP contribution in [0.5, 0.6) is 0 Å². The summed E-state index contributed by atoms with van der Waals surface area (Å²) in [5, 5.41) is 2.84. The fourth-order valence-electron chi connectivity index (χ4n) is 1.86. The molecule has 1 aromatic carbocycles. The third-order valence-corrected chi connectivity index (χ3v) is 3.02. The number of hydrogen-bond acceptors (Lipinski definition) is 3. The van der Waals surface area contributed by atoms with Crippen LogP contribution in [0.25, 0.3) is 11.1 Å². The summed E-state index contributed by atoms with van der Waals surface area (Å²) in [5.41, 5.74) is 2.11. The molecule has 0 bridgehead atoms. The van der Waals surface area contributed by atoms with Gasteiger partial charge in [0.05, 0.1) is 5.56 Å². The lowest BCUT2D eigenvalue weighted by Gasteiger charge is -2.10. The van der Waals surface area contributed by atoms with E-state index in [1.54, 1.807) is 24.4 Å². The Morgan fingerprint density at radius 3 is 2.50 bits per heavy atom. The van der Waals surface area contributed by atoms with Crippen LogP contribution < -0.4 is 5.32 Å². The lowest BCUT2D eigenvalue weighted by Crippen LogP contribution is -2.31. The number of amides is 1. The third-order valence-electron chi connectivity index (χ3n) is 3.02. The molecule has 118 valence electrons. The number of benzene rings is 1. The second-order valence-electron chi connectivity index (χ2n) is 5.03. The van der Waals surface area contributed by atoms with Crippen LogP contribution in [0.1, 0.15) is 17.8 Å². The SMILES string of the molecule is C.CN(C)CCNC(=O)c1cncc(-c2ccc(F)cc2)c1. The number of nitrogens with zero attached hydrogens (tertiary/aromatic N) is 2.